The summed E-state index contributed by atoms with van der Waals surface area (Å²) in [6.45, 7) is 3.17. The molecule has 2 aliphatic heterocycles. The van der Waals surface area contributed by atoms with Gasteiger partial charge in [-0.3, -0.25) is 4.79 Å². The summed E-state index contributed by atoms with van der Waals surface area (Å²) in [6, 6.07) is 0.931. The third kappa shape index (κ3) is 4.53. The van der Waals surface area contributed by atoms with E-state index in [1.165, 1.54) is 22.2 Å². The predicted molar refractivity (Wildman–Crippen MR) is 98.3 cm³/mol. The molecule has 3 heterocycles. The van der Waals surface area contributed by atoms with Gasteiger partial charge in [0, 0.05) is 38.3 Å². The van der Waals surface area contributed by atoms with Gasteiger partial charge in [-0.25, -0.2) is 21.6 Å². The number of carbonyl (C=O) groups is 1. The van der Waals surface area contributed by atoms with Gasteiger partial charge >= 0.3 is 0 Å². The van der Waals surface area contributed by atoms with Crippen LogP contribution < -0.4 is 4.72 Å². The smallest absolute Gasteiger partial charge is 0.289 e. The van der Waals surface area contributed by atoms with Gasteiger partial charge in [0.2, 0.25) is 20.0 Å². The Morgan fingerprint density at radius 2 is 1.81 bits per heavy atom. The number of sulfonamides is 2. The first-order valence-electron chi connectivity index (χ1n) is 8.95. The summed E-state index contributed by atoms with van der Waals surface area (Å²) in [5, 5.41) is 0. The van der Waals surface area contributed by atoms with Crippen molar-refractivity contribution in [3.63, 3.8) is 0 Å². The first-order chi connectivity index (χ1) is 12.6. The summed E-state index contributed by atoms with van der Waals surface area (Å²) in [5.74, 6) is -0.278. The lowest BCUT2D eigenvalue weighted by molar-refractivity contribution is 0.0669. The molecular formula is C16H25N3O6S2. The molecule has 2 fully saturated rings. The highest BCUT2D eigenvalue weighted by Gasteiger charge is 2.33. The minimum atomic E-state index is -3.67. The molecule has 3 rings (SSSR count). The molecule has 152 valence electrons. The average Bonchev–Trinajstić information content (AvgIpc) is 3.23. The molecule has 0 bridgehead atoms. The van der Waals surface area contributed by atoms with Crippen LogP contribution >= 0.6 is 0 Å². The average molecular weight is 420 g/mol. The summed E-state index contributed by atoms with van der Waals surface area (Å²) in [6.07, 6.45) is 4.02. The van der Waals surface area contributed by atoms with Crippen LogP contribution in [0.2, 0.25) is 0 Å². The number of furan rings is 1. The third-order valence-corrected chi connectivity index (χ3v) is 7.62. The molecule has 1 unspecified atom stereocenters. The predicted octanol–water partition coefficient (Wildman–Crippen LogP) is 0.526. The van der Waals surface area contributed by atoms with Gasteiger partial charge in [-0.2, -0.15) is 4.31 Å². The Labute approximate surface area is 159 Å². The van der Waals surface area contributed by atoms with Crippen molar-refractivity contribution in [1.29, 1.82) is 0 Å². The molecule has 1 aromatic heterocycles. The van der Waals surface area contributed by atoms with E-state index in [4.69, 9.17) is 4.42 Å². The van der Waals surface area contributed by atoms with Crippen molar-refractivity contribution in [3.05, 3.63) is 17.6 Å². The summed E-state index contributed by atoms with van der Waals surface area (Å²) in [5.41, 5.74) is 0. The standard InChI is InChI=1S/C16H25N3O6S2/c1-12-15(27(23,24)19-8-3-4-9-19)10-14(25-12)16(20)18-7-5-6-13(11-18)17-26(2,21)22/h10,13,17H,3-9,11H2,1-2H3. The van der Waals surface area contributed by atoms with Gasteiger partial charge in [0.15, 0.2) is 5.76 Å². The van der Waals surface area contributed by atoms with Crippen LogP contribution in [-0.2, 0) is 20.0 Å². The van der Waals surface area contributed by atoms with Crippen LogP contribution in [0.5, 0.6) is 0 Å². The molecule has 1 atom stereocenters. The van der Waals surface area contributed by atoms with Crippen molar-refractivity contribution in [1.82, 2.24) is 13.9 Å². The number of nitrogens with zero attached hydrogens (tertiary/aromatic N) is 2. The summed E-state index contributed by atoms with van der Waals surface area (Å²) >= 11 is 0. The van der Waals surface area contributed by atoms with Gasteiger partial charge < -0.3 is 9.32 Å². The zero-order valence-electron chi connectivity index (χ0n) is 15.5. The number of nitrogens with one attached hydrogen (secondary N) is 1. The molecule has 1 N–H and O–H groups in total. The number of carbonyl (C=O) groups excluding carboxylic acids is 1. The van der Waals surface area contributed by atoms with Gasteiger partial charge in [0.25, 0.3) is 5.91 Å². The maximum absolute atomic E-state index is 12.8. The Hall–Kier alpha value is -1.43. The zero-order valence-corrected chi connectivity index (χ0v) is 17.1. The molecule has 27 heavy (non-hydrogen) atoms. The number of aryl methyl sites for hydroxylation is 1. The molecule has 0 spiro atoms. The molecule has 11 heteroatoms. The number of likely N-dealkylation sites (tertiary alicyclic amines) is 1. The lowest BCUT2D eigenvalue weighted by Gasteiger charge is -2.32. The largest absolute Gasteiger partial charge is 0.455 e. The first kappa shape index (κ1) is 20.3. The van der Waals surface area contributed by atoms with Gasteiger partial charge in [-0.1, -0.05) is 0 Å². The Kier molecular flexibility index (Phi) is 5.67. The van der Waals surface area contributed by atoms with Crippen LogP contribution in [0.15, 0.2) is 15.4 Å². The van der Waals surface area contributed by atoms with Crippen molar-refractivity contribution in [2.45, 2.75) is 43.5 Å². The minimum Gasteiger partial charge on any atom is -0.455 e. The van der Waals surface area contributed by atoms with Crippen LogP contribution in [0.1, 0.15) is 42.0 Å². The van der Waals surface area contributed by atoms with E-state index < -0.39 is 26.0 Å². The van der Waals surface area contributed by atoms with E-state index in [1.807, 2.05) is 0 Å². The fourth-order valence-electron chi connectivity index (χ4n) is 3.61. The second kappa shape index (κ2) is 7.53. The molecule has 0 aliphatic carbocycles. The van der Waals surface area contributed by atoms with Crippen LogP contribution in [0, 0.1) is 6.92 Å². The second-order valence-corrected chi connectivity index (χ2v) is 10.8. The molecule has 2 saturated heterocycles. The number of amides is 1. The molecule has 0 saturated carbocycles. The van der Waals surface area contributed by atoms with Gasteiger partial charge in [-0.15, -0.1) is 0 Å². The Morgan fingerprint density at radius 1 is 1.15 bits per heavy atom. The van der Waals surface area contributed by atoms with E-state index in [9.17, 15) is 21.6 Å². The molecule has 1 amide bonds. The SMILES string of the molecule is Cc1oc(C(=O)N2CCCC(NS(C)(=O)=O)C2)cc1S(=O)(=O)N1CCCC1. The van der Waals surface area contributed by atoms with E-state index in [0.717, 1.165) is 19.1 Å². The van der Waals surface area contributed by atoms with Crippen molar-refractivity contribution in [3.8, 4) is 0 Å². The van der Waals surface area contributed by atoms with E-state index in [1.54, 1.807) is 0 Å². The maximum atomic E-state index is 12.8. The van der Waals surface area contributed by atoms with Crippen molar-refractivity contribution >= 4 is 26.0 Å². The minimum absolute atomic E-state index is 0.0237. The maximum Gasteiger partial charge on any atom is 0.289 e. The van der Waals surface area contributed by atoms with Crippen molar-refractivity contribution in [2.24, 2.45) is 0 Å². The van der Waals surface area contributed by atoms with E-state index >= 15 is 0 Å². The Bertz CT molecular complexity index is 916. The normalized spacial score (nSPS) is 22.3. The molecular weight excluding hydrogens is 394 g/mol. The van der Waals surface area contributed by atoms with Gasteiger partial charge in [0.05, 0.1) is 6.26 Å². The van der Waals surface area contributed by atoms with Crippen LogP contribution in [0.3, 0.4) is 0 Å². The van der Waals surface area contributed by atoms with E-state index in [2.05, 4.69) is 4.72 Å². The summed E-state index contributed by atoms with van der Waals surface area (Å²) in [4.78, 5) is 14.3. The van der Waals surface area contributed by atoms with Crippen molar-refractivity contribution < 1.29 is 26.0 Å². The van der Waals surface area contributed by atoms with Gasteiger partial charge in [0.1, 0.15) is 10.7 Å². The van der Waals surface area contributed by atoms with E-state index in [-0.39, 0.29) is 29.0 Å². The van der Waals surface area contributed by atoms with Gasteiger partial charge in [-0.05, 0) is 32.6 Å². The lowest BCUT2D eigenvalue weighted by Crippen LogP contribution is -2.49. The number of hydrogen-bond acceptors (Lipinski definition) is 6. The van der Waals surface area contributed by atoms with Crippen LogP contribution in [-0.4, -0.2) is 70.4 Å². The molecule has 0 radical (unpaired) electrons. The lowest BCUT2D eigenvalue weighted by atomic mass is 10.1. The van der Waals surface area contributed by atoms with Crippen LogP contribution in [0.25, 0.3) is 0 Å². The molecule has 2 aliphatic rings. The Balaban J connectivity index is 1.78. The fraction of sp³-hybridized carbons (Fsp3) is 0.688. The first-order valence-corrected chi connectivity index (χ1v) is 12.3. The zero-order chi connectivity index (χ0) is 19.8. The second-order valence-electron chi connectivity index (χ2n) is 7.12. The highest BCUT2D eigenvalue weighted by Crippen LogP contribution is 2.27. The molecule has 9 nitrogen and oxygen atoms in total. The summed E-state index contributed by atoms with van der Waals surface area (Å²) in [7, 11) is -7.04. The molecule has 0 aromatic carbocycles. The van der Waals surface area contributed by atoms with E-state index in [0.29, 0.717) is 32.5 Å². The number of hydrogen-bond donors (Lipinski definition) is 1. The topological polar surface area (TPSA) is 117 Å². The molecule has 1 aromatic rings. The monoisotopic (exact) mass is 419 g/mol. The highest BCUT2D eigenvalue weighted by molar-refractivity contribution is 7.89. The third-order valence-electron chi connectivity index (χ3n) is 4.86. The quantitative estimate of drug-likeness (QED) is 0.744. The number of rotatable bonds is 5. The fourth-order valence-corrected chi connectivity index (χ4v) is 6.09. The Morgan fingerprint density at radius 3 is 2.44 bits per heavy atom. The van der Waals surface area contributed by atoms with Crippen LogP contribution in [0.4, 0.5) is 0 Å². The highest BCUT2D eigenvalue weighted by atomic mass is 32.2. The number of piperidine rings is 1. The van der Waals surface area contributed by atoms with Crippen molar-refractivity contribution in [2.75, 3.05) is 32.4 Å². The summed E-state index contributed by atoms with van der Waals surface area (Å²) < 4.78 is 57.7.